The molecule has 1 aliphatic rings. The Morgan fingerprint density at radius 1 is 0.875 bits per heavy atom. The number of benzene rings is 3. The standard InChI is InChI=1S/C19H17NO3S/c1-23-19-16-12-6-8-13-7-5-11-15(17(13)16)18(19)20-24(21,22)14-9-3-2-4-10-14/h2-12,18-20H,1H3. The molecule has 4 nitrogen and oxygen atoms in total. The maximum Gasteiger partial charge on any atom is 0.241 e. The van der Waals surface area contributed by atoms with Gasteiger partial charge in [0.15, 0.2) is 0 Å². The van der Waals surface area contributed by atoms with E-state index in [4.69, 9.17) is 4.74 Å². The molecule has 0 bridgehead atoms. The lowest BCUT2D eigenvalue weighted by atomic mass is 10.1. The largest absolute Gasteiger partial charge is 0.375 e. The number of rotatable bonds is 4. The van der Waals surface area contributed by atoms with E-state index in [1.54, 1.807) is 37.4 Å². The molecule has 122 valence electrons. The van der Waals surface area contributed by atoms with Gasteiger partial charge in [0, 0.05) is 7.11 Å². The van der Waals surface area contributed by atoms with Gasteiger partial charge in [-0.3, -0.25) is 0 Å². The van der Waals surface area contributed by atoms with Crippen LogP contribution in [0.5, 0.6) is 0 Å². The molecule has 0 radical (unpaired) electrons. The maximum atomic E-state index is 12.8. The van der Waals surface area contributed by atoms with Gasteiger partial charge in [-0.05, 0) is 34.0 Å². The van der Waals surface area contributed by atoms with Gasteiger partial charge in [0.2, 0.25) is 10.0 Å². The van der Waals surface area contributed by atoms with E-state index in [9.17, 15) is 8.42 Å². The van der Waals surface area contributed by atoms with Crippen LogP contribution >= 0.6 is 0 Å². The lowest BCUT2D eigenvalue weighted by Gasteiger charge is -2.21. The zero-order valence-electron chi connectivity index (χ0n) is 13.1. The van der Waals surface area contributed by atoms with Crippen molar-refractivity contribution in [3.63, 3.8) is 0 Å². The Kier molecular flexibility index (Phi) is 3.64. The summed E-state index contributed by atoms with van der Waals surface area (Å²) in [7, 11) is -2.02. The molecule has 0 spiro atoms. The van der Waals surface area contributed by atoms with Gasteiger partial charge in [0.25, 0.3) is 0 Å². The van der Waals surface area contributed by atoms with Gasteiger partial charge >= 0.3 is 0 Å². The van der Waals surface area contributed by atoms with Crippen molar-refractivity contribution < 1.29 is 13.2 Å². The van der Waals surface area contributed by atoms with Crippen molar-refractivity contribution >= 4 is 20.8 Å². The Bertz CT molecular complexity index is 994. The quantitative estimate of drug-likeness (QED) is 0.791. The number of hydrogen-bond donors (Lipinski definition) is 1. The molecule has 3 aromatic rings. The normalized spacial score (nSPS) is 19.7. The Morgan fingerprint density at radius 2 is 1.54 bits per heavy atom. The van der Waals surface area contributed by atoms with Crippen molar-refractivity contribution in [2.45, 2.75) is 17.0 Å². The van der Waals surface area contributed by atoms with Gasteiger partial charge in [-0.25, -0.2) is 13.1 Å². The minimum absolute atomic E-state index is 0.253. The van der Waals surface area contributed by atoms with Crippen LogP contribution in [0, 0.1) is 0 Å². The van der Waals surface area contributed by atoms with E-state index in [2.05, 4.69) is 4.72 Å². The van der Waals surface area contributed by atoms with E-state index in [1.807, 2.05) is 36.4 Å². The number of sulfonamides is 1. The van der Waals surface area contributed by atoms with Crippen LogP contribution in [-0.2, 0) is 14.8 Å². The van der Waals surface area contributed by atoms with Crippen molar-refractivity contribution in [3.05, 3.63) is 77.9 Å². The van der Waals surface area contributed by atoms with E-state index in [-0.39, 0.29) is 11.0 Å². The Morgan fingerprint density at radius 3 is 2.21 bits per heavy atom. The SMILES string of the molecule is COC1c2cccc3cccc(c23)C1NS(=O)(=O)c1ccccc1. The van der Waals surface area contributed by atoms with Crippen molar-refractivity contribution in [1.29, 1.82) is 0 Å². The van der Waals surface area contributed by atoms with E-state index in [0.29, 0.717) is 0 Å². The smallest absolute Gasteiger partial charge is 0.241 e. The number of nitrogens with one attached hydrogen (secondary N) is 1. The molecule has 3 aromatic carbocycles. The summed E-state index contributed by atoms with van der Waals surface area (Å²) in [6, 6.07) is 19.9. The van der Waals surface area contributed by atoms with Gasteiger partial charge < -0.3 is 4.74 Å². The Hall–Kier alpha value is -2.21. The van der Waals surface area contributed by atoms with Crippen LogP contribution in [0.1, 0.15) is 23.3 Å². The molecule has 4 rings (SSSR count). The van der Waals surface area contributed by atoms with Crippen molar-refractivity contribution in [2.24, 2.45) is 0 Å². The highest BCUT2D eigenvalue weighted by Gasteiger charge is 2.37. The number of ether oxygens (including phenoxy) is 1. The molecule has 0 amide bonds. The van der Waals surface area contributed by atoms with Crippen LogP contribution in [0.25, 0.3) is 10.8 Å². The highest BCUT2D eigenvalue weighted by Crippen LogP contribution is 2.46. The van der Waals surface area contributed by atoms with Crippen LogP contribution in [-0.4, -0.2) is 15.5 Å². The molecule has 0 saturated heterocycles. The summed E-state index contributed by atoms with van der Waals surface area (Å²) in [5.74, 6) is 0. The zero-order chi connectivity index (χ0) is 16.7. The predicted octanol–water partition coefficient (Wildman–Crippen LogP) is 3.56. The molecule has 24 heavy (non-hydrogen) atoms. The molecule has 1 aliphatic carbocycles. The van der Waals surface area contributed by atoms with E-state index < -0.39 is 16.1 Å². The van der Waals surface area contributed by atoms with E-state index >= 15 is 0 Å². The minimum atomic E-state index is -3.63. The van der Waals surface area contributed by atoms with Crippen molar-refractivity contribution in [3.8, 4) is 0 Å². The summed E-state index contributed by atoms with van der Waals surface area (Å²) in [6.45, 7) is 0. The molecule has 2 atom stereocenters. The van der Waals surface area contributed by atoms with Gasteiger partial charge in [0.05, 0.1) is 10.9 Å². The molecule has 2 unspecified atom stereocenters. The lowest BCUT2D eigenvalue weighted by Crippen LogP contribution is -2.31. The molecular formula is C19H17NO3S. The molecule has 0 aromatic heterocycles. The second-order valence-electron chi connectivity index (χ2n) is 5.86. The average molecular weight is 339 g/mol. The molecule has 0 heterocycles. The first-order valence-corrected chi connectivity index (χ1v) is 9.22. The second kappa shape index (κ2) is 5.70. The average Bonchev–Trinajstić information content (AvgIpc) is 2.90. The van der Waals surface area contributed by atoms with Crippen LogP contribution in [0.3, 0.4) is 0 Å². The van der Waals surface area contributed by atoms with E-state index in [0.717, 1.165) is 21.9 Å². The molecule has 5 heteroatoms. The van der Waals surface area contributed by atoms with Gasteiger partial charge in [-0.2, -0.15) is 0 Å². The lowest BCUT2D eigenvalue weighted by molar-refractivity contribution is 0.0813. The molecule has 0 aliphatic heterocycles. The Labute approximate surface area is 141 Å². The second-order valence-corrected chi connectivity index (χ2v) is 7.57. The summed E-state index contributed by atoms with van der Waals surface area (Å²) in [5.41, 5.74) is 1.97. The van der Waals surface area contributed by atoms with Gasteiger partial charge in [0.1, 0.15) is 6.10 Å². The molecule has 0 fully saturated rings. The number of methoxy groups -OCH3 is 1. The predicted molar refractivity (Wildman–Crippen MR) is 93.2 cm³/mol. The third-order valence-electron chi connectivity index (χ3n) is 4.50. The van der Waals surface area contributed by atoms with Crippen LogP contribution in [0.2, 0.25) is 0 Å². The van der Waals surface area contributed by atoms with Crippen LogP contribution in [0.4, 0.5) is 0 Å². The fraction of sp³-hybridized carbons (Fsp3) is 0.158. The third kappa shape index (κ3) is 2.33. The minimum Gasteiger partial charge on any atom is -0.375 e. The highest BCUT2D eigenvalue weighted by atomic mass is 32.2. The van der Waals surface area contributed by atoms with Crippen molar-refractivity contribution in [2.75, 3.05) is 7.11 Å². The van der Waals surface area contributed by atoms with E-state index in [1.165, 1.54) is 0 Å². The fourth-order valence-corrected chi connectivity index (χ4v) is 4.70. The van der Waals surface area contributed by atoms with Crippen LogP contribution in [0.15, 0.2) is 71.6 Å². The zero-order valence-corrected chi connectivity index (χ0v) is 14.0. The summed E-state index contributed by atoms with van der Waals surface area (Å²) in [5, 5.41) is 2.17. The summed E-state index contributed by atoms with van der Waals surface area (Å²) >= 11 is 0. The highest BCUT2D eigenvalue weighted by molar-refractivity contribution is 7.89. The topological polar surface area (TPSA) is 55.4 Å². The molecular weight excluding hydrogens is 322 g/mol. The van der Waals surface area contributed by atoms with Gasteiger partial charge in [-0.15, -0.1) is 0 Å². The first-order valence-electron chi connectivity index (χ1n) is 7.73. The summed E-state index contributed by atoms with van der Waals surface area (Å²) in [4.78, 5) is 0.253. The van der Waals surface area contributed by atoms with Crippen LogP contribution < -0.4 is 4.72 Å². The molecule has 1 N–H and O–H groups in total. The van der Waals surface area contributed by atoms with Crippen molar-refractivity contribution in [1.82, 2.24) is 4.72 Å². The third-order valence-corrected chi connectivity index (χ3v) is 5.96. The first-order chi connectivity index (χ1) is 11.6. The molecule has 0 saturated carbocycles. The summed E-state index contributed by atoms with van der Waals surface area (Å²) < 4.78 is 34.0. The number of hydrogen-bond acceptors (Lipinski definition) is 3. The Balaban J connectivity index is 1.81. The van der Waals surface area contributed by atoms with Gasteiger partial charge in [-0.1, -0.05) is 54.6 Å². The first kappa shape index (κ1) is 15.3. The fourth-order valence-electron chi connectivity index (χ4n) is 3.46. The monoisotopic (exact) mass is 339 g/mol. The maximum absolute atomic E-state index is 12.8. The summed E-state index contributed by atoms with van der Waals surface area (Å²) in [6.07, 6.45) is -0.343.